The molecule has 0 aliphatic carbocycles. The number of carbonyl (C=O) groups is 1. The molecule has 0 radical (unpaired) electrons. The summed E-state index contributed by atoms with van der Waals surface area (Å²) in [5.74, 6) is -0.556. The molecule has 1 rings (SSSR count). The Balaban J connectivity index is 3.28. The van der Waals surface area contributed by atoms with Gasteiger partial charge < -0.3 is 9.72 Å². The van der Waals surface area contributed by atoms with Gasteiger partial charge in [-0.05, 0) is 11.1 Å². The van der Waals surface area contributed by atoms with E-state index in [-0.39, 0.29) is 17.3 Å². The number of aromatic amines is 1. The van der Waals surface area contributed by atoms with Crippen molar-refractivity contribution in [3.63, 3.8) is 0 Å². The van der Waals surface area contributed by atoms with Gasteiger partial charge in [-0.2, -0.15) is 0 Å². The monoisotopic (exact) mass is 309 g/mol. The molecule has 1 aromatic rings. The molecule has 7 heteroatoms. The Morgan fingerprint density at radius 1 is 1.59 bits per heavy atom. The number of H-pyrrole nitrogens is 1. The summed E-state index contributed by atoms with van der Waals surface area (Å²) in [6, 6.07) is 0. The van der Waals surface area contributed by atoms with Crippen molar-refractivity contribution in [1.82, 2.24) is 4.98 Å². The van der Waals surface area contributed by atoms with E-state index in [9.17, 15) is 18.4 Å². The average Bonchev–Trinajstić information content (AvgIpc) is 2.30. The molecule has 0 bridgehead atoms. The van der Waals surface area contributed by atoms with Gasteiger partial charge in [-0.25, -0.2) is 8.78 Å². The van der Waals surface area contributed by atoms with Crippen LogP contribution in [-0.2, 0) is 21.3 Å². The summed E-state index contributed by atoms with van der Waals surface area (Å²) in [7, 11) is 1.20. The minimum Gasteiger partial charge on any atom is -0.469 e. The van der Waals surface area contributed by atoms with Crippen LogP contribution in [0.15, 0.2) is 11.0 Å². The smallest absolute Gasteiger partial charge is 0.310 e. The van der Waals surface area contributed by atoms with Crippen molar-refractivity contribution < 1.29 is 18.3 Å². The number of alkyl halides is 3. The lowest BCUT2D eigenvalue weighted by molar-refractivity contribution is -0.139. The second-order valence-electron chi connectivity index (χ2n) is 3.22. The van der Waals surface area contributed by atoms with E-state index in [4.69, 9.17) is 0 Å². The van der Waals surface area contributed by atoms with Gasteiger partial charge in [0, 0.05) is 11.5 Å². The van der Waals surface area contributed by atoms with Crippen LogP contribution in [0.3, 0.4) is 0 Å². The number of hydrogen-bond donors (Lipinski definition) is 1. The van der Waals surface area contributed by atoms with Crippen molar-refractivity contribution in [2.24, 2.45) is 0 Å². The fraction of sp³-hybridized carbons (Fsp3) is 0.400. The zero-order valence-corrected chi connectivity index (χ0v) is 10.5. The van der Waals surface area contributed by atoms with Gasteiger partial charge in [0.25, 0.3) is 12.0 Å². The second-order valence-corrected chi connectivity index (χ2v) is 3.78. The molecule has 0 aliphatic rings. The first-order chi connectivity index (χ1) is 8.01. The second kappa shape index (κ2) is 5.90. The molecule has 17 heavy (non-hydrogen) atoms. The van der Waals surface area contributed by atoms with Crippen molar-refractivity contribution in [2.75, 3.05) is 7.11 Å². The zero-order chi connectivity index (χ0) is 13.0. The molecule has 94 valence electrons. The average molecular weight is 310 g/mol. The number of methoxy groups -OCH3 is 1. The Hall–Kier alpha value is -1.24. The standard InChI is InChI=1S/C10H10BrF2NO3/c1-17-7(15)2-5-4-14-10(16)8(9(12)13)6(5)3-11/h4,9H,2-3H2,1H3,(H,14,16). The maximum Gasteiger partial charge on any atom is 0.310 e. The number of aromatic nitrogens is 1. The Bertz CT molecular complexity index is 473. The molecule has 0 saturated heterocycles. The molecular weight excluding hydrogens is 300 g/mol. The van der Waals surface area contributed by atoms with Crippen LogP contribution in [0.5, 0.6) is 0 Å². The quantitative estimate of drug-likeness (QED) is 0.683. The van der Waals surface area contributed by atoms with Gasteiger partial charge in [0.1, 0.15) is 0 Å². The van der Waals surface area contributed by atoms with Crippen molar-refractivity contribution in [3.8, 4) is 0 Å². The summed E-state index contributed by atoms with van der Waals surface area (Å²) in [5, 5.41) is 0.0723. The number of hydrogen-bond acceptors (Lipinski definition) is 3. The Morgan fingerprint density at radius 2 is 2.24 bits per heavy atom. The van der Waals surface area contributed by atoms with Crippen molar-refractivity contribution >= 4 is 21.9 Å². The van der Waals surface area contributed by atoms with Crippen LogP contribution in [0.1, 0.15) is 23.1 Å². The van der Waals surface area contributed by atoms with Crippen LogP contribution < -0.4 is 5.56 Å². The number of carbonyl (C=O) groups excluding carboxylic acids is 1. The number of nitrogens with one attached hydrogen (secondary N) is 1. The van der Waals surface area contributed by atoms with Crippen LogP contribution in [0.25, 0.3) is 0 Å². The van der Waals surface area contributed by atoms with E-state index in [1.807, 2.05) is 0 Å². The first-order valence-corrected chi connectivity index (χ1v) is 5.77. The van der Waals surface area contributed by atoms with Gasteiger partial charge in [-0.1, -0.05) is 15.9 Å². The molecule has 1 heterocycles. The summed E-state index contributed by atoms with van der Waals surface area (Å²) in [4.78, 5) is 24.6. The molecule has 0 spiro atoms. The summed E-state index contributed by atoms with van der Waals surface area (Å²) < 4.78 is 29.9. The highest BCUT2D eigenvalue weighted by Gasteiger charge is 2.21. The topological polar surface area (TPSA) is 59.2 Å². The number of esters is 1. The van der Waals surface area contributed by atoms with Crippen molar-refractivity contribution in [3.05, 3.63) is 33.2 Å². The fourth-order valence-electron chi connectivity index (χ4n) is 1.40. The SMILES string of the molecule is COC(=O)Cc1c[nH]c(=O)c(C(F)F)c1CBr. The minimum absolute atomic E-state index is 0.0723. The third-order valence-corrected chi connectivity index (χ3v) is 2.81. The summed E-state index contributed by atoms with van der Waals surface area (Å²) in [5.41, 5.74) is -0.996. The van der Waals surface area contributed by atoms with E-state index in [0.29, 0.717) is 5.56 Å². The maximum absolute atomic E-state index is 12.7. The molecule has 4 nitrogen and oxygen atoms in total. The van der Waals surface area contributed by atoms with Crippen LogP contribution in [0.4, 0.5) is 8.78 Å². The van der Waals surface area contributed by atoms with Crippen molar-refractivity contribution in [1.29, 1.82) is 0 Å². The predicted octanol–water partition coefficient (Wildman–Crippen LogP) is 1.92. The highest BCUT2D eigenvalue weighted by atomic mass is 79.9. The third kappa shape index (κ3) is 3.12. The number of ether oxygens (including phenoxy) is 1. The van der Waals surface area contributed by atoms with Crippen LogP contribution >= 0.6 is 15.9 Å². The number of rotatable bonds is 4. The highest BCUT2D eigenvalue weighted by molar-refractivity contribution is 9.08. The van der Waals surface area contributed by atoms with Crippen LogP contribution in [0, 0.1) is 0 Å². The lowest BCUT2D eigenvalue weighted by Crippen LogP contribution is -2.19. The summed E-state index contributed by atoms with van der Waals surface area (Å²) in [6.45, 7) is 0. The van der Waals surface area contributed by atoms with Gasteiger partial charge in [-0.3, -0.25) is 9.59 Å². The maximum atomic E-state index is 12.7. The van der Waals surface area contributed by atoms with E-state index in [1.165, 1.54) is 13.3 Å². The zero-order valence-electron chi connectivity index (χ0n) is 8.93. The molecule has 1 aromatic heterocycles. The lowest BCUT2D eigenvalue weighted by Gasteiger charge is -2.10. The van der Waals surface area contributed by atoms with Crippen LogP contribution in [0.2, 0.25) is 0 Å². The minimum atomic E-state index is -2.89. The third-order valence-electron chi connectivity index (χ3n) is 2.25. The molecule has 0 aliphatic heterocycles. The summed E-state index contributed by atoms with van der Waals surface area (Å²) in [6.07, 6.45) is -1.79. The Morgan fingerprint density at radius 3 is 2.71 bits per heavy atom. The van der Waals surface area contributed by atoms with E-state index in [2.05, 4.69) is 25.7 Å². The first-order valence-electron chi connectivity index (χ1n) is 4.65. The fourth-order valence-corrected chi connectivity index (χ4v) is 2.06. The van der Waals surface area contributed by atoms with Gasteiger partial charge >= 0.3 is 5.97 Å². The Kier molecular flexibility index (Phi) is 4.80. The van der Waals surface area contributed by atoms with Gasteiger partial charge in [0.2, 0.25) is 0 Å². The predicted molar refractivity (Wildman–Crippen MR) is 60.4 cm³/mol. The normalized spacial score (nSPS) is 10.6. The molecule has 0 amide bonds. The molecule has 0 unspecified atom stereocenters. The molecule has 1 N–H and O–H groups in total. The lowest BCUT2D eigenvalue weighted by atomic mass is 10.0. The van der Waals surface area contributed by atoms with Gasteiger partial charge in [0.15, 0.2) is 0 Å². The Labute approximate surface area is 104 Å². The van der Waals surface area contributed by atoms with E-state index >= 15 is 0 Å². The van der Waals surface area contributed by atoms with E-state index < -0.39 is 23.5 Å². The van der Waals surface area contributed by atoms with Gasteiger partial charge in [0.05, 0.1) is 19.1 Å². The molecular formula is C10H10BrF2NO3. The molecule has 0 atom stereocenters. The van der Waals surface area contributed by atoms with E-state index in [0.717, 1.165) is 0 Å². The van der Waals surface area contributed by atoms with Crippen LogP contribution in [-0.4, -0.2) is 18.1 Å². The molecule has 0 saturated carbocycles. The molecule has 0 fully saturated rings. The number of pyridine rings is 1. The van der Waals surface area contributed by atoms with E-state index in [1.54, 1.807) is 0 Å². The van der Waals surface area contributed by atoms with Gasteiger partial charge in [-0.15, -0.1) is 0 Å². The van der Waals surface area contributed by atoms with Crippen molar-refractivity contribution in [2.45, 2.75) is 18.2 Å². The first kappa shape index (κ1) is 13.8. The number of halogens is 3. The largest absolute Gasteiger partial charge is 0.469 e. The summed E-state index contributed by atoms with van der Waals surface area (Å²) >= 11 is 3.04. The molecule has 0 aromatic carbocycles. The highest BCUT2D eigenvalue weighted by Crippen LogP contribution is 2.24.